The maximum atomic E-state index is 9.13. The smallest absolute Gasteiger partial charge is 0.102 e. The van der Waals surface area contributed by atoms with Crippen molar-refractivity contribution in [1.29, 1.82) is 10.7 Å². The van der Waals surface area contributed by atoms with E-state index in [9.17, 15) is 0 Å². The molecule has 1 aliphatic rings. The van der Waals surface area contributed by atoms with Crippen LogP contribution < -0.4 is 9.06 Å². The highest BCUT2D eigenvalue weighted by atomic mass is 32.2. The molecule has 0 radical (unpaired) electrons. The molecular formula is C20H12N2S6. The van der Waals surface area contributed by atoms with Crippen LogP contribution in [0.5, 0.6) is 0 Å². The van der Waals surface area contributed by atoms with Gasteiger partial charge >= 0.3 is 0 Å². The van der Waals surface area contributed by atoms with Gasteiger partial charge in [0.1, 0.15) is 6.07 Å². The number of hydrogen-bond acceptors (Lipinski definition) is 8. The second kappa shape index (κ2) is 7.17. The summed E-state index contributed by atoms with van der Waals surface area (Å²) in [5, 5.41) is 16.5. The van der Waals surface area contributed by atoms with Gasteiger partial charge in [0.2, 0.25) is 0 Å². The lowest BCUT2D eigenvalue weighted by Crippen LogP contribution is -1.97. The number of nitrogens with zero attached hydrogens (tertiary/aromatic N) is 1. The van der Waals surface area contributed by atoms with Gasteiger partial charge in [-0.3, -0.25) is 0 Å². The molecule has 5 rings (SSSR count). The van der Waals surface area contributed by atoms with Gasteiger partial charge < -0.3 is 5.41 Å². The van der Waals surface area contributed by atoms with Gasteiger partial charge in [-0.2, -0.15) is 5.26 Å². The highest BCUT2D eigenvalue weighted by Crippen LogP contribution is 2.49. The first-order chi connectivity index (χ1) is 13.6. The molecule has 0 atom stereocenters. The van der Waals surface area contributed by atoms with Gasteiger partial charge in [-0.1, -0.05) is 23.5 Å². The molecule has 0 spiro atoms. The van der Waals surface area contributed by atoms with E-state index in [4.69, 9.17) is 10.7 Å². The summed E-state index contributed by atoms with van der Waals surface area (Å²) in [6, 6.07) is 11.0. The monoisotopic (exact) mass is 472 g/mol. The first-order valence-electron chi connectivity index (χ1n) is 8.31. The average molecular weight is 473 g/mol. The highest BCUT2D eigenvalue weighted by Gasteiger charge is 2.16. The molecule has 0 aliphatic carbocycles. The number of fused-ring (bicyclic) bond motifs is 2. The van der Waals surface area contributed by atoms with E-state index in [2.05, 4.69) is 38.1 Å². The SMILES string of the molecule is CC1=C(C)SC(=c2cc3s/c(=c4\cc5s/c(=C(\C#N)C=N)cc5s4)cc3s2)S1. The Morgan fingerprint density at radius 1 is 0.821 bits per heavy atom. The molecule has 0 unspecified atom stereocenters. The molecule has 8 heteroatoms. The van der Waals surface area contributed by atoms with Gasteiger partial charge in [-0.25, -0.2) is 0 Å². The van der Waals surface area contributed by atoms with E-state index in [1.54, 1.807) is 22.7 Å². The summed E-state index contributed by atoms with van der Waals surface area (Å²) < 4.78 is 11.3. The van der Waals surface area contributed by atoms with Crippen molar-refractivity contribution in [2.24, 2.45) is 0 Å². The maximum Gasteiger partial charge on any atom is 0.102 e. The van der Waals surface area contributed by atoms with Gasteiger partial charge in [0.25, 0.3) is 0 Å². The number of nitriles is 1. The predicted molar refractivity (Wildman–Crippen MR) is 131 cm³/mol. The lowest BCUT2D eigenvalue weighted by molar-refractivity contribution is 1.53. The molecule has 138 valence electrons. The lowest BCUT2D eigenvalue weighted by atomic mass is 10.3. The molecule has 0 saturated heterocycles. The second-order valence-corrected chi connectivity index (χ2v) is 13.2. The van der Waals surface area contributed by atoms with E-state index in [1.165, 1.54) is 46.4 Å². The summed E-state index contributed by atoms with van der Waals surface area (Å²) in [5.74, 6) is 0. The minimum atomic E-state index is 0.430. The Labute approximate surface area is 185 Å². The number of thioether (sulfide) groups is 2. The van der Waals surface area contributed by atoms with Crippen LogP contribution >= 0.6 is 68.9 Å². The van der Waals surface area contributed by atoms with Crippen molar-refractivity contribution in [3.05, 3.63) is 52.2 Å². The Balaban J connectivity index is 1.64. The Hall–Kier alpha value is -1.34. The second-order valence-electron chi connectivity index (χ2n) is 6.17. The van der Waals surface area contributed by atoms with Crippen molar-refractivity contribution in [3.8, 4) is 6.07 Å². The molecule has 28 heavy (non-hydrogen) atoms. The molecule has 1 N–H and O–H groups in total. The normalized spacial score (nSPS) is 17.0. The van der Waals surface area contributed by atoms with Crippen molar-refractivity contribution in [2.45, 2.75) is 13.8 Å². The summed E-state index contributed by atoms with van der Waals surface area (Å²) in [6.45, 7) is 4.39. The van der Waals surface area contributed by atoms with Crippen LogP contribution in [0.2, 0.25) is 0 Å². The lowest BCUT2D eigenvalue weighted by Gasteiger charge is -1.90. The summed E-state index contributed by atoms with van der Waals surface area (Å²) in [5.41, 5.74) is 0.430. The number of rotatable bonds is 1. The van der Waals surface area contributed by atoms with Crippen LogP contribution in [0.3, 0.4) is 0 Å². The van der Waals surface area contributed by atoms with Crippen molar-refractivity contribution in [1.82, 2.24) is 0 Å². The third-order valence-corrected chi connectivity index (χ3v) is 12.1. The standard InChI is InChI=1S/C20H12N2S6/c1-9-10(2)24-20(23-9)19-6-18-17(28-19)5-16(27-18)15-4-14-13(26-15)3-12(25-14)11(7-21)8-22/h3-7,21H,1-2H3/b12-11-,16-15+,21-7?. The Bertz CT molecular complexity index is 1470. The van der Waals surface area contributed by atoms with Crippen molar-refractivity contribution < 1.29 is 0 Å². The maximum absolute atomic E-state index is 9.13. The number of allylic oxidation sites excluding steroid dienone is 2. The number of hydrogen-bond donors (Lipinski definition) is 1. The van der Waals surface area contributed by atoms with E-state index in [1.807, 2.05) is 52.3 Å². The van der Waals surface area contributed by atoms with E-state index < -0.39 is 0 Å². The van der Waals surface area contributed by atoms with Gasteiger partial charge in [0.05, 0.1) is 9.81 Å². The van der Waals surface area contributed by atoms with Crippen LogP contribution in [0.15, 0.2) is 34.1 Å². The molecular weight excluding hydrogens is 461 g/mol. The Morgan fingerprint density at radius 2 is 1.32 bits per heavy atom. The molecule has 0 bridgehead atoms. The van der Waals surface area contributed by atoms with Crippen molar-refractivity contribution >= 4 is 104 Å². The number of nitrogens with one attached hydrogen (secondary N) is 1. The Kier molecular flexibility index (Phi) is 4.78. The summed E-state index contributed by atoms with van der Waals surface area (Å²) in [4.78, 5) is 2.82. The van der Waals surface area contributed by atoms with Crippen LogP contribution in [0, 0.1) is 25.8 Å². The third-order valence-electron chi connectivity index (χ3n) is 4.38. The molecule has 4 aromatic rings. The molecule has 0 amide bonds. The number of thiophene rings is 4. The van der Waals surface area contributed by atoms with Gasteiger partial charge in [0.15, 0.2) is 0 Å². The van der Waals surface area contributed by atoms with Crippen LogP contribution in [-0.2, 0) is 0 Å². The summed E-state index contributed by atoms with van der Waals surface area (Å²) in [6.07, 6.45) is 1.14. The average Bonchev–Trinajstić information content (AvgIpc) is 3.42. The largest absolute Gasteiger partial charge is 0.307 e. The molecule has 0 saturated carbocycles. The highest BCUT2D eigenvalue weighted by molar-refractivity contribution is 8.35. The van der Waals surface area contributed by atoms with Gasteiger partial charge in [-0.05, 0) is 47.9 Å². The molecule has 0 fully saturated rings. The summed E-state index contributed by atoms with van der Waals surface area (Å²) >= 11 is 10.9. The first kappa shape index (κ1) is 18.7. The zero-order chi connectivity index (χ0) is 19.4. The molecule has 1 aliphatic heterocycles. The van der Waals surface area contributed by atoms with Gasteiger partial charge in [0, 0.05) is 43.1 Å². The van der Waals surface area contributed by atoms with Gasteiger partial charge in [-0.15, -0.1) is 45.3 Å². The van der Waals surface area contributed by atoms with Crippen LogP contribution in [-0.4, -0.2) is 6.21 Å². The van der Waals surface area contributed by atoms with Crippen molar-refractivity contribution in [3.63, 3.8) is 0 Å². The zero-order valence-corrected chi connectivity index (χ0v) is 19.7. The molecule has 2 nitrogen and oxygen atoms in total. The quantitative estimate of drug-likeness (QED) is 0.316. The van der Waals surface area contributed by atoms with E-state index in [0.29, 0.717) is 5.57 Å². The summed E-state index contributed by atoms with van der Waals surface area (Å²) in [7, 11) is 0. The van der Waals surface area contributed by atoms with E-state index in [0.717, 1.165) is 10.7 Å². The minimum absolute atomic E-state index is 0.430. The molecule has 4 aromatic heterocycles. The minimum Gasteiger partial charge on any atom is -0.307 e. The molecule has 0 aromatic carbocycles. The Morgan fingerprint density at radius 3 is 1.86 bits per heavy atom. The molecule has 5 heterocycles. The fraction of sp³-hybridized carbons (Fsp3) is 0.100. The van der Waals surface area contributed by atoms with E-state index >= 15 is 0 Å². The fourth-order valence-corrected chi connectivity index (χ4v) is 10.3. The zero-order valence-electron chi connectivity index (χ0n) is 14.8. The fourth-order valence-electron chi connectivity index (χ4n) is 2.85. The van der Waals surface area contributed by atoms with Crippen molar-refractivity contribution in [2.75, 3.05) is 0 Å². The van der Waals surface area contributed by atoms with Crippen LogP contribution in [0.25, 0.3) is 28.6 Å². The first-order valence-corrected chi connectivity index (χ1v) is 13.2. The van der Waals surface area contributed by atoms with Crippen LogP contribution in [0.1, 0.15) is 13.8 Å². The predicted octanol–water partition coefficient (Wildman–Crippen LogP) is 6.65. The third kappa shape index (κ3) is 3.11. The topological polar surface area (TPSA) is 47.6 Å². The van der Waals surface area contributed by atoms with E-state index in [-0.39, 0.29) is 0 Å². The van der Waals surface area contributed by atoms with Crippen LogP contribution in [0.4, 0.5) is 0 Å².